The molecule has 0 aliphatic rings. The Morgan fingerprint density at radius 3 is 2.62 bits per heavy atom. The maximum atomic E-state index is 11.9. The summed E-state index contributed by atoms with van der Waals surface area (Å²) in [6.07, 6.45) is 0. The highest BCUT2D eigenvalue weighted by atomic mass is 35.5. The smallest absolute Gasteiger partial charge is 0.248 e. The van der Waals surface area contributed by atoms with Crippen LogP contribution in [0, 0.1) is 0 Å². The van der Waals surface area contributed by atoms with Crippen LogP contribution in [0.25, 0.3) is 0 Å². The minimum atomic E-state index is -0.487. The van der Waals surface area contributed by atoms with Gasteiger partial charge in [0.15, 0.2) is 0 Å². The van der Waals surface area contributed by atoms with Crippen LogP contribution in [0.4, 0.5) is 0 Å². The highest BCUT2D eigenvalue weighted by Crippen LogP contribution is 2.24. The van der Waals surface area contributed by atoms with Gasteiger partial charge in [-0.3, -0.25) is 9.59 Å². The number of hydrogen-bond acceptors (Lipinski definition) is 3. The van der Waals surface area contributed by atoms with E-state index in [0.717, 1.165) is 11.1 Å². The van der Waals surface area contributed by atoms with Crippen molar-refractivity contribution < 1.29 is 9.59 Å². The van der Waals surface area contributed by atoms with Crippen LogP contribution in [0.15, 0.2) is 42.5 Å². The minimum absolute atomic E-state index is 0.0884. The summed E-state index contributed by atoms with van der Waals surface area (Å²) in [7, 11) is 0. The van der Waals surface area contributed by atoms with Crippen LogP contribution in [0.1, 0.15) is 21.5 Å². The first-order chi connectivity index (χ1) is 11.5. The van der Waals surface area contributed by atoms with Crippen LogP contribution >= 0.6 is 35.0 Å². The van der Waals surface area contributed by atoms with E-state index in [1.165, 1.54) is 11.8 Å². The summed E-state index contributed by atoms with van der Waals surface area (Å²) < 4.78 is 0. The monoisotopic (exact) mass is 382 g/mol. The number of carbonyl (C=O) groups excluding carboxylic acids is 2. The third-order valence-electron chi connectivity index (χ3n) is 3.21. The Morgan fingerprint density at radius 1 is 1.12 bits per heavy atom. The molecule has 0 aliphatic carbocycles. The molecule has 3 N–H and O–H groups in total. The molecule has 2 aromatic carbocycles. The molecule has 0 saturated carbocycles. The molecule has 0 aromatic heterocycles. The quantitative estimate of drug-likeness (QED) is 0.767. The Bertz CT molecular complexity index is 753. The highest BCUT2D eigenvalue weighted by Gasteiger charge is 2.06. The number of benzene rings is 2. The number of halogens is 2. The Kier molecular flexibility index (Phi) is 6.97. The molecule has 0 saturated heterocycles. The molecule has 4 nitrogen and oxygen atoms in total. The Hall–Kier alpha value is -1.69. The first-order valence-corrected chi connectivity index (χ1v) is 9.04. The second-order valence-electron chi connectivity index (χ2n) is 5.07. The maximum Gasteiger partial charge on any atom is 0.248 e. The van der Waals surface area contributed by atoms with Crippen molar-refractivity contribution in [3.05, 3.63) is 69.2 Å². The van der Waals surface area contributed by atoms with Gasteiger partial charge in [0.25, 0.3) is 0 Å². The van der Waals surface area contributed by atoms with E-state index in [-0.39, 0.29) is 5.91 Å². The number of nitrogens with one attached hydrogen (secondary N) is 1. The molecule has 126 valence electrons. The number of rotatable bonds is 7. The number of hydrogen-bond donors (Lipinski definition) is 2. The van der Waals surface area contributed by atoms with Crippen LogP contribution in [-0.4, -0.2) is 17.6 Å². The predicted molar refractivity (Wildman–Crippen MR) is 99.4 cm³/mol. The lowest BCUT2D eigenvalue weighted by Gasteiger charge is -2.07. The van der Waals surface area contributed by atoms with E-state index in [1.54, 1.807) is 30.3 Å². The average molecular weight is 383 g/mol. The van der Waals surface area contributed by atoms with Gasteiger partial charge in [-0.05, 0) is 35.4 Å². The van der Waals surface area contributed by atoms with Gasteiger partial charge in [-0.1, -0.05) is 41.4 Å². The van der Waals surface area contributed by atoms with Gasteiger partial charge in [0.2, 0.25) is 11.8 Å². The van der Waals surface area contributed by atoms with Crippen LogP contribution in [-0.2, 0) is 17.1 Å². The third kappa shape index (κ3) is 5.74. The zero-order chi connectivity index (χ0) is 17.5. The van der Waals surface area contributed by atoms with E-state index in [2.05, 4.69) is 5.32 Å². The fraction of sp³-hybridized carbons (Fsp3) is 0.176. The van der Waals surface area contributed by atoms with E-state index in [4.69, 9.17) is 28.9 Å². The molecular formula is C17H16Cl2N2O2S. The molecule has 2 amide bonds. The fourth-order valence-corrected chi connectivity index (χ4v) is 3.39. The van der Waals surface area contributed by atoms with Crippen molar-refractivity contribution in [1.29, 1.82) is 0 Å². The van der Waals surface area contributed by atoms with Crippen molar-refractivity contribution in [2.75, 3.05) is 5.75 Å². The lowest BCUT2D eigenvalue weighted by molar-refractivity contribution is -0.118. The summed E-state index contributed by atoms with van der Waals surface area (Å²) in [5.74, 6) is 0.364. The fourth-order valence-electron chi connectivity index (χ4n) is 1.98. The zero-order valence-electron chi connectivity index (χ0n) is 12.7. The van der Waals surface area contributed by atoms with Gasteiger partial charge in [0.05, 0.1) is 5.75 Å². The largest absolute Gasteiger partial charge is 0.366 e. The summed E-state index contributed by atoms with van der Waals surface area (Å²) in [6.45, 7) is 0.349. The normalized spacial score (nSPS) is 10.4. The van der Waals surface area contributed by atoms with Crippen LogP contribution in [0.5, 0.6) is 0 Å². The summed E-state index contributed by atoms with van der Waals surface area (Å²) >= 11 is 13.4. The van der Waals surface area contributed by atoms with E-state index < -0.39 is 5.91 Å². The van der Waals surface area contributed by atoms with Crippen molar-refractivity contribution in [3.63, 3.8) is 0 Å². The predicted octanol–water partition coefficient (Wildman–Crippen LogP) is 3.64. The number of carbonyl (C=O) groups is 2. The second kappa shape index (κ2) is 8.97. The lowest BCUT2D eigenvalue weighted by Crippen LogP contribution is -2.24. The standard InChI is InChI=1S/C17H16Cl2N2O2S/c18-14-5-4-13(15(19)7-14)9-24-10-16(22)21-8-11-2-1-3-12(6-11)17(20)23/h1-7H,8-10H2,(H2,20,23)(H,21,22). The first-order valence-electron chi connectivity index (χ1n) is 7.13. The number of nitrogens with two attached hydrogens (primary N) is 1. The van der Waals surface area contributed by atoms with Crippen molar-refractivity contribution in [2.45, 2.75) is 12.3 Å². The molecule has 0 bridgehead atoms. The van der Waals surface area contributed by atoms with Crippen molar-refractivity contribution in [1.82, 2.24) is 5.32 Å². The first kappa shape index (κ1) is 18.6. The second-order valence-corrected chi connectivity index (χ2v) is 6.90. The summed E-state index contributed by atoms with van der Waals surface area (Å²) in [5, 5.41) is 3.99. The number of primary amides is 1. The van der Waals surface area contributed by atoms with E-state index in [9.17, 15) is 9.59 Å². The van der Waals surface area contributed by atoms with Crippen molar-refractivity contribution in [2.24, 2.45) is 5.73 Å². The number of amides is 2. The minimum Gasteiger partial charge on any atom is -0.366 e. The highest BCUT2D eigenvalue weighted by molar-refractivity contribution is 7.99. The van der Waals surface area contributed by atoms with Gasteiger partial charge < -0.3 is 11.1 Å². The zero-order valence-corrected chi connectivity index (χ0v) is 15.0. The molecule has 0 unspecified atom stereocenters. The average Bonchev–Trinajstić information content (AvgIpc) is 2.55. The molecule has 0 radical (unpaired) electrons. The molecule has 24 heavy (non-hydrogen) atoms. The molecule has 0 atom stereocenters. The van der Waals surface area contributed by atoms with Gasteiger partial charge in [-0.2, -0.15) is 0 Å². The van der Waals surface area contributed by atoms with Gasteiger partial charge in [-0.25, -0.2) is 0 Å². The van der Waals surface area contributed by atoms with Crippen LogP contribution < -0.4 is 11.1 Å². The molecule has 0 fully saturated rings. The van der Waals surface area contributed by atoms with Crippen molar-refractivity contribution >= 4 is 46.8 Å². The molecular weight excluding hydrogens is 367 g/mol. The maximum absolute atomic E-state index is 11.9. The molecule has 0 aliphatic heterocycles. The third-order valence-corrected chi connectivity index (χ3v) is 4.78. The van der Waals surface area contributed by atoms with Gasteiger partial charge in [-0.15, -0.1) is 11.8 Å². The Balaban J connectivity index is 1.77. The summed E-state index contributed by atoms with van der Waals surface area (Å²) in [6, 6.07) is 12.2. The van der Waals surface area contributed by atoms with Crippen molar-refractivity contribution in [3.8, 4) is 0 Å². The van der Waals surface area contributed by atoms with Gasteiger partial charge in [0.1, 0.15) is 0 Å². The molecule has 0 spiro atoms. The van der Waals surface area contributed by atoms with Gasteiger partial charge in [0, 0.05) is 27.9 Å². The molecule has 2 rings (SSSR count). The molecule has 2 aromatic rings. The number of thioether (sulfide) groups is 1. The molecule has 7 heteroatoms. The SMILES string of the molecule is NC(=O)c1cccc(CNC(=O)CSCc2ccc(Cl)cc2Cl)c1. The van der Waals surface area contributed by atoms with E-state index in [1.807, 2.05) is 12.1 Å². The molecule has 0 heterocycles. The lowest BCUT2D eigenvalue weighted by atomic mass is 10.1. The van der Waals surface area contributed by atoms with Gasteiger partial charge >= 0.3 is 0 Å². The van der Waals surface area contributed by atoms with Crippen LogP contribution in [0.3, 0.4) is 0 Å². The Morgan fingerprint density at radius 2 is 1.92 bits per heavy atom. The summed E-state index contributed by atoms with van der Waals surface area (Å²) in [5.41, 5.74) is 7.42. The van der Waals surface area contributed by atoms with E-state index >= 15 is 0 Å². The van der Waals surface area contributed by atoms with E-state index in [0.29, 0.717) is 33.7 Å². The summed E-state index contributed by atoms with van der Waals surface area (Å²) in [4.78, 5) is 23.0. The van der Waals surface area contributed by atoms with Crippen LogP contribution in [0.2, 0.25) is 10.0 Å². The topological polar surface area (TPSA) is 72.2 Å². The Labute approximate surface area is 154 Å².